The molecule has 4 rings (SSSR count). The van der Waals surface area contributed by atoms with E-state index in [2.05, 4.69) is 59.6 Å². The smallest absolute Gasteiger partial charge is 0.335 e. The lowest BCUT2D eigenvalue weighted by Gasteiger charge is -2.35. The molecule has 1 saturated heterocycles. The summed E-state index contributed by atoms with van der Waals surface area (Å²) in [5, 5.41) is 15.4. The van der Waals surface area contributed by atoms with Gasteiger partial charge in [-0.2, -0.15) is 0 Å². The molecule has 1 aliphatic rings. The Balaban J connectivity index is 1.41. The van der Waals surface area contributed by atoms with Crippen LogP contribution in [0.1, 0.15) is 34.5 Å². The van der Waals surface area contributed by atoms with E-state index in [4.69, 9.17) is 4.74 Å². The Morgan fingerprint density at radius 2 is 2.00 bits per heavy atom. The first-order valence-corrected chi connectivity index (χ1v) is 10.4. The monoisotopic (exact) mass is 404 g/mol. The molecule has 0 spiro atoms. The van der Waals surface area contributed by atoms with Crippen LogP contribution in [0.15, 0.2) is 60.7 Å². The normalized spacial score (nSPS) is 17.8. The molecule has 0 aromatic heterocycles. The first-order chi connectivity index (χ1) is 14.5. The van der Waals surface area contributed by atoms with Gasteiger partial charge < -0.3 is 20.1 Å². The molecule has 3 aromatic rings. The van der Waals surface area contributed by atoms with Gasteiger partial charge in [-0.15, -0.1) is 0 Å². The Morgan fingerprint density at radius 3 is 2.80 bits per heavy atom. The van der Waals surface area contributed by atoms with E-state index in [0.717, 1.165) is 30.9 Å². The molecular formula is C25H28N2O3. The molecule has 0 radical (unpaired) electrons. The lowest BCUT2D eigenvalue weighted by atomic mass is 9.99. The van der Waals surface area contributed by atoms with Gasteiger partial charge in [-0.3, -0.25) is 0 Å². The van der Waals surface area contributed by atoms with Crippen LogP contribution in [-0.4, -0.2) is 43.4 Å². The quantitative estimate of drug-likeness (QED) is 0.638. The van der Waals surface area contributed by atoms with Crippen LogP contribution >= 0.6 is 0 Å². The van der Waals surface area contributed by atoms with E-state index in [1.807, 2.05) is 19.1 Å². The molecule has 5 nitrogen and oxygen atoms in total. The fourth-order valence-corrected chi connectivity index (χ4v) is 4.21. The SMILES string of the molecule is Cc1cc(N2CCOC(CN[C@H](C)c3cccc4ccccc34)C2)ccc1C(=O)O. The topological polar surface area (TPSA) is 61.8 Å². The van der Waals surface area contributed by atoms with Crippen molar-refractivity contribution in [1.82, 2.24) is 5.32 Å². The van der Waals surface area contributed by atoms with Gasteiger partial charge in [-0.05, 0) is 53.9 Å². The second kappa shape index (κ2) is 8.86. The summed E-state index contributed by atoms with van der Waals surface area (Å²) < 4.78 is 6.00. The highest BCUT2D eigenvalue weighted by molar-refractivity contribution is 5.90. The zero-order valence-electron chi connectivity index (χ0n) is 17.5. The molecule has 1 unspecified atom stereocenters. The summed E-state index contributed by atoms with van der Waals surface area (Å²) >= 11 is 0. The molecule has 3 aromatic carbocycles. The number of ether oxygens (including phenoxy) is 1. The third-order valence-electron chi connectivity index (χ3n) is 5.89. The van der Waals surface area contributed by atoms with Gasteiger partial charge in [0, 0.05) is 31.4 Å². The van der Waals surface area contributed by atoms with E-state index in [1.165, 1.54) is 16.3 Å². The van der Waals surface area contributed by atoms with Crippen molar-refractivity contribution in [2.75, 3.05) is 31.1 Å². The summed E-state index contributed by atoms with van der Waals surface area (Å²) in [7, 11) is 0. The lowest BCUT2D eigenvalue weighted by Crippen LogP contribution is -2.47. The Bertz CT molecular complexity index is 1040. The number of nitrogens with zero attached hydrogens (tertiary/aromatic N) is 1. The molecule has 156 valence electrons. The number of carbonyl (C=O) groups is 1. The fraction of sp³-hybridized carbons (Fsp3) is 0.320. The zero-order valence-corrected chi connectivity index (χ0v) is 17.5. The van der Waals surface area contributed by atoms with Crippen molar-refractivity contribution in [3.8, 4) is 0 Å². The maximum absolute atomic E-state index is 11.3. The molecule has 1 fully saturated rings. The average Bonchev–Trinajstić information content (AvgIpc) is 2.77. The van der Waals surface area contributed by atoms with Gasteiger partial charge in [0.15, 0.2) is 0 Å². The minimum atomic E-state index is -0.884. The Morgan fingerprint density at radius 1 is 1.20 bits per heavy atom. The minimum Gasteiger partial charge on any atom is -0.478 e. The Labute approximate surface area is 177 Å². The molecule has 0 saturated carbocycles. The molecule has 0 aliphatic carbocycles. The number of hydrogen-bond acceptors (Lipinski definition) is 4. The van der Waals surface area contributed by atoms with Gasteiger partial charge in [0.25, 0.3) is 0 Å². The minimum absolute atomic E-state index is 0.0793. The number of benzene rings is 3. The fourth-order valence-electron chi connectivity index (χ4n) is 4.21. The van der Waals surface area contributed by atoms with Crippen LogP contribution in [0.4, 0.5) is 5.69 Å². The number of carboxylic acid groups (broad SMARTS) is 1. The van der Waals surface area contributed by atoms with Gasteiger partial charge in [0.2, 0.25) is 0 Å². The molecule has 1 heterocycles. The highest BCUT2D eigenvalue weighted by Crippen LogP contribution is 2.25. The molecule has 0 bridgehead atoms. The molecule has 30 heavy (non-hydrogen) atoms. The van der Waals surface area contributed by atoms with Gasteiger partial charge in [-0.1, -0.05) is 42.5 Å². The number of aryl methyl sites for hydroxylation is 1. The molecule has 2 atom stereocenters. The average molecular weight is 405 g/mol. The van der Waals surface area contributed by atoms with Crippen molar-refractivity contribution in [3.05, 3.63) is 77.4 Å². The van der Waals surface area contributed by atoms with Crippen LogP contribution in [0.2, 0.25) is 0 Å². The first kappa shape index (κ1) is 20.4. The number of aromatic carboxylic acids is 1. The van der Waals surface area contributed by atoms with Crippen LogP contribution in [0.3, 0.4) is 0 Å². The van der Waals surface area contributed by atoms with Crippen molar-refractivity contribution in [2.24, 2.45) is 0 Å². The molecule has 5 heteroatoms. The number of anilines is 1. The third kappa shape index (κ3) is 4.32. The first-order valence-electron chi connectivity index (χ1n) is 10.4. The standard InChI is InChI=1S/C25H28N2O3/c1-17-14-20(10-11-22(17)25(28)29)27-12-13-30-21(16-27)15-26-18(2)23-9-5-7-19-6-3-4-8-24(19)23/h3-11,14,18,21,26H,12-13,15-16H2,1-2H3,(H,28,29)/t18-,21?/m1/s1. The summed E-state index contributed by atoms with van der Waals surface area (Å²) in [4.78, 5) is 13.5. The van der Waals surface area contributed by atoms with Crippen LogP contribution in [0.5, 0.6) is 0 Å². The number of rotatable bonds is 6. The highest BCUT2D eigenvalue weighted by atomic mass is 16.5. The number of morpholine rings is 1. The van der Waals surface area contributed by atoms with Gasteiger partial charge in [-0.25, -0.2) is 4.79 Å². The van der Waals surface area contributed by atoms with Crippen molar-refractivity contribution in [1.29, 1.82) is 0 Å². The highest BCUT2D eigenvalue weighted by Gasteiger charge is 2.22. The second-order valence-corrected chi connectivity index (χ2v) is 7.94. The van der Waals surface area contributed by atoms with E-state index < -0.39 is 5.97 Å². The van der Waals surface area contributed by atoms with Gasteiger partial charge in [0.05, 0.1) is 18.3 Å². The molecular weight excluding hydrogens is 376 g/mol. The number of nitrogens with one attached hydrogen (secondary N) is 1. The second-order valence-electron chi connectivity index (χ2n) is 7.94. The summed E-state index contributed by atoms with van der Waals surface area (Å²) in [6, 6.07) is 20.7. The van der Waals surface area contributed by atoms with Gasteiger partial charge in [0.1, 0.15) is 0 Å². The van der Waals surface area contributed by atoms with E-state index in [-0.39, 0.29) is 12.1 Å². The predicted molar refractivity (Wildman–Crippen MR) is 120 cm³/mol. The van der Waals surface area contributed by atoms with Crippen molar-refractivity contribution in [2.45, 2.75) is 26.0 Å². The maximum atomic E-state index is 11.3. The third-order valence-corrected chi connectivity index (χ3v) is 5.89. The number of hydrogen-bond donors (Lipinski definition) is 2. The van der Waals surface area contributed by atoms with Crippen molar-refractivity contribution < 1.29 is 14.6 Å². The van der Waals surface area contributed by atoms with Crippen LogP contribution in [0, 0.1) is 6.92 Å². The van der Waals surface area contributed by atoms with Crippen LogP contribution < -0.4 is 10.2 Å². The number of carboxylic acids is 1. The van der Waals surface area contributed by atoms with Crippen molar-refractivity contribution in [3.63, 3.8) is 0 Å². The number of fused-ring (bicyclic) bond motifs is 1. The van der Waals surface area contributed by atoms with Crippen LogP contribution in [0.25, 0.3) is 10.8 Å². The molecule has 0 amide bonds. The van der Waals surface area contributed by atoms with E-state index in [9.17, 15) is 9.90 Å². The Kier molecular flexibility index (Phi) is 6.02. The summed E-state index contributed by atoms with van der Waals surface area (Å²) in [6.07, 6.45) is 0.0793. The van der Waals surface area contributed by atoms with Crippen LogP contribution in [-0.2, 0) is 4.74 Å². The Hall–Kier alpha value is -2.89. The summed E-state index contributed by atoms with van der Waals surface area (Å²) in [5.41, 5.74) is 3.48. The van der Waals surface area contributed by atoms with Crippen molar-refractivity contribution >= 4 is 22.4 Å². The van der Waals surface area contributed by atoms with E-state index >= 15 is 0 Å². The lowest BCUT2D eigenvalue weighted by molar-refractivity contribution is 0.0394. The molecule has 2 N–H and O–H groups in total. The molecule has 1 aliphatic heterocycles. The zero-order chi connectivity index (χ0) is 21.1. The largest absolute Gasteiger partial charge is 0.478 e. The van der Waals surface area contributed by atoms with E-state index in [1.54, 1.807) is 6.07 Å². The van der Waals surface area contributed by atoms with Gasteiger partial charge >= 0.3 is 5.97 Å². The maximum Gasteiger partial charge on any atom is 0.335 e. The summed E-state index contributed by atoms with van der Waals surface area (Å²) in [6.45, 7) is 7.04. The predicted octanol–water partition coefficient (Wildman–Crippen LogP) is 4.40. The van der Waals surface area contributed by atoms with E-state index in [0.29, 0.717) is 12.2 Å². The summed E-state index contributed by atoms with van der Waals surface area (Å²) in [5.74, 6) is -0.884.